The molecule has 0 N–H and O–H groups in total. The van der Waals surface area contributed by atoms with Crippen LogP contribution in [0.25, 0.3) is 0 Å². The average Bonchev–Trinajstić information content (AvgIpc) is 2.70. The fraction of sp³-hybridized carbons (Fsp3) is 0.958. The van der Waals surface area contributed by atoms with Crippen LogP contribution in [0.1, 0.15) is 117 Å². The Labute approximate surface area is 163 Å². The number of hydrogen-bond donors (Lipinski definition) is 0. The van der Waals surface area contributed by atoms with Gasteiger partial charge in [0.15, 0.2) is 0 Å². The molecule has 0 unspecified atom stereocenters. The van der Waals surface area contributed by atoms with E-state index in [1.54, 1.807) is 0 Å². The van der Waals surface area contributed by atoms with Crippen LogP contribution in [-0.2, 0) is 4.74 Å². The van der Waals surface area contributed by atoms with Crippen LogP contribution in [0.2, 0.25) is 0 Å². The number of hydrogen-bond acceptors (Lipinski definition) is 2. The predicted molar refractivity (Wildman–Crippen MR) is 110 cm³/mol. The van der Waals surface area contributed by atoms with E-state index in [1.165, 1.54) is 89.9 Å². The summed E-state index contributed by atoms with van der Waals surface area (Å²) in [6, 6.07) is 2.67. The van der Waals surface area contributed by atoms with Crippen LogP contribution in [0.15, 0.2) is 0 Å². The Morgan fingerprint density at radius 1 is 0.808 bits per heavy atom. The maximum atomic E-state index is 9.81. The molecule has 26 heavy (non-hydrogen) atoms. The number of nitriles is 1. The van der Waals surface area contributed by atoms with Gasteiger partial charge >= 0.3 is 0 Å². The molecule has 2 heteroatoms. The van der Waals surface area contributed by atoms with E-state index in [0.29, 0.717) is 12.7 Å². The first-order chi connectivity index (χ1) is 12.7. The first-order valence-electron chi connectivity index (χ1n) is 11.7. The number of unbranched alkanes of at least 4 members (excludes halogenated alkanes) is 4. The molecule has 0 radical (unpaired) electrons. The lowest BCUT2D eigenvalue weighted by Gasteiger charge is -2.37. The van der Waals surface area contributed by atoms with Gasteiger partial charge in [-0.05, 0) is 63.2 Å². The fourth-order valence-electron chi connectivity index (χ4n) is 5.02. The van der Waals surface area contributed by atoms with Crippen LogP contribution < -0.4 is 0 Å². The fourth-order valence-corrected chi connectivity index (χ4v) is 5.02. The quantitative estimate of drug-likeness (QED) is 0.359. The predicted octanol–water partition coefficient (Wildman–Crippen LogP) is 7.42. The van der Waals surface area contributed by atoms with E-state index in [-0.39, 0.29) is 5.41 Å². The zero-order chi connectivity index (χ0) is 18.7. The summed E-state index contributed by atoms with van der Waals surface area (Å²) in [5.41, 5.74) is -0.182. The summed E-state index contributed by atoms with van der Waals surface area (Å²) in [5, 5.41) is 9.81. The summed E-state index contributed by atoms with van der Waals surface area (Å²) in [6.45, 7) is 5.26. The zero-order valence-corrected chi connectivity index (χ0v) is 17.6. The zero-order valence-electron chi connectivity index (χ0n) is 17.6. The Morgan fingerprint density at radius 3 is 2.04 bits per heavy atom. The van der Waals surface area contributed by atoms with Gasteiger partial charge in [-0.1, -0.05) is 65.2 Å². The Hall–Kier alpha value is -0.550. The van der Waals surface area contributed by atoms with E-state index in [4.69, 9.17) is 4.74 Å². The van der Waals surface area contributed by atoms with Crippen molar-refractivity contribution in [3.8, 4) is 6.07 Å². The highest BCUT2D eigenvalue weighted by Gasteiger charge is 2.36. The first-order valence-corrected chi connectivity index (χ1v) is 11.7. The number of rotatable bonds is 11. The lowest BCUT2D eigenvalue weighted by atomic mass is 9.70. The maximum Gasteiger partial charge on any atom is 0.0807 e. The molecule has 0 atom stereocenters. The van der Waals surface area contributed by atoms with E-state index in [1.807, 2.05) is 0 Å². The summed E-state index contributed by atoms with van der Waals surface area (Å²) < 4.78 is 6.30. The topological polar surface area (TPSA) is 33.0 Å². The SMILES string of the molecule is CCCCCC[C@H]1CC[C@@](C#N)(CO[C@H]2CC[C@H](CCCC)CC2)CC1. The lowest BCUT2D eigenvalue weighted by Crippen LogP contribution is -2.34. The lowest BCUT2D eigenvalue weighted by molar-refractivity contribution is -0.0299. The molecule has 2 nitrogen and oxygen atoms in total. The summed E-state index contributed by atoms with van der Waals surface area (Å²) in [4.78, 5) is 0. The van der Waals surface area contributed by atoms with Gasteiger partial charge in [-0.2, -0.15) is 5.26 Å². The first kappa shape index (κ1) is 21.7. The second kappa shape index (κ2) is 12.0. The molecular formula is C24H43NO. The molecule has 0 saturated heterocycles. The highest BCUT2D eigenvalue weighted by molar-refractivity contribution is 5.02. The van der Waals surface area contributed by atoms with Gasteiger partial charge in [-0.25, -0.2) is 0 Å². The van der Waals surface area contributed by atoms with E-state index in [0.717, 1.165) is 24.7 Å². The van der Waals surface area contributed by atoms with Crippen molar-refractivity contribution in [3.63, 3.8) is 0 Å². The minimum absolute atomic E-state index is 0.182. The van der Waals surface area contributed by atoms with Crippen LogP contribution >= 0.6 is 0 Å². The van der Waals surface area contributed by atoms with E-state index >= 15 is 0 Å². The minimum atomic E-state index is -0.182. The highest BCUT2D eigenvalue weighted by atomic mass is 16.5. The van der Waals surface area contributed by atoms with Gasteiger partial charge in [0.05, 0.1) is 24.2 Å². The van der Waals surface area contributed by atoms with Gasteiger partial charge in [0.1, 0.15) is 0 Å². The van der Waals surface area contributed by atoms with Gasteiger partial charge in [0.25, 0.3) is 0 Å². The van der Waals surface area contributed by atoms with Crippen molar-refractivity contribution in [2.24, 2.45) is 17.3 Å². The third kappa shape index (κ3) is 7.22. The van der Waals surface area contributed by atoms with Gasteiger partial charge in [0.2, 0.25) is 0 Å². The molecule has 2 aliphatic rings. The summed E-state index contributed by atoms with van der Waals surface area (Å²) >= 11 is 0. The molecule has 0 aromatic heterocycles. The second-order valence-corrected chi connectivity index (χ2v) is 9.28. The van der Waals surface area contributed by atoms with Crippen molar-refractivity contribution in [2.45, 2.75) is 123 Å². The van der Waals surface area contributed by atoms with E-state index in [9.17, 15) is 5.26 Å². The third-order valence-corrected chi connectivity index (χ3v) is 7.12. The molecule has 2 fully saturated rings. The van der Waals surface area contributed by atoms with Crippen LogP contribution in [0.4, 0.5) is 0 Å². The largest absolute Gasteiger partial charge is 0.377 e. The van der Waals surface area contributed by atoms with Crippen molar-refractivity contribution >= 4 is 0 Å². The standard InChI is InChI=1S/C24H43NO/c1-3-5-7-8-10-22-15-17-24(19-25,18-16-22)20-26-23-13-11-21(12-14-23)9-6-4-2/h21-23H,3-18,20H2,1-2H3/t21-,22-,23-,24+. The van der Waals surface area contributed by atoms with Crippen molar-refractivity contribution in [1.82, 2.24) is 0 Å². The van der Waals surface area contributed by atoms with Crippen LogP contribution in [0.5, 0.6) is 0 Å². The molecule has 2 rings (SSSR count). The molecule has 0 aliphatic heterocycles. The molecule has 0 bridgehead atoms. The molecule has 0 spiro atoms. The summed E-state index contributed by atoms with van der Waals surface area (Å²) in [6.07, 6.45) is 21.1. The van der Waals surface area contributed by atoms with Crippen molar-refractivity contribution < 1.29 is 4.74 Å². The molecular weight excluding hydrogens is 318 g/mol. The van der Waals surface area contributed by atoms with Crippen molar-refractivity contribution in [2.75, 3.05) is 6.61 Å². The maximum absolute atomic E-state index is 9.81. The van der Waals surface area contributed by atoms with Gasteiger partial charge in [0, 0.05) is 0 Å². The summed E-state index contributed by atoms with van der Waals surface area (Å²) in [7, 11) is 0. The Balaban J connectivity index is 1.64. The summed E-state index contributed by atoms with van der Waals surface area (Å²) in [5.74, 6) is 1.80. The molecule has 150 valence electrons. The van der Waals surface area contributed by atoms with Crippen LogP contribution in [-0.4, -0.2) is 12.7 Å². The van der Waals surface area contributed by atoms with Crippen LogP contribution in [0, 0.1) is 28.6 Å². The van der Waals surface area contributed by atoms with Gasteiger partial charge in [-0.3, -0.25) is 0 Å². The molecule has 0 heterocycles. The molecule has 0 amide bonds. The second-order valence-electron chi connectivity index (χ2n) is 9.28. The Bertz CT molecular complexity index is 397. The Morgan fingerprint density at radius 2 is 1.42 bits per heavy atom. The smallest absolute Gasteiger partial charge is 0.0807 e. The van der Waals surface area contributed by atoms with Crippen molar-refractivity contribution in [1.29, 1.82) is 5.26 Å². The highest BCUT2D eigenvalue weighted by Crippen LogP contribution is 2.41. The van der Waals surface area contributed by atoms with E-state index in [2.05, 4.69) is 19.9 Å². The molecule has 0 aromatic carbocycles. The molecule has 2 saturated carbocycles. The number of ether oxygens (including phenoxy) is 1. The van der Waals surface area contributed by atoms with Gasteiger partial charge < -0.3 is 4.74 Å². The van der Waals surface area contributed by atoms with Crippen LogP contribution in [0.3, 0.4) is 0 Å². The average molecular weight is 362 g/mol. The van der Waals surface area contributed by atoms with Crippen molar-refractivity contribution in [3.05, 3.63) is 0 Å². The monoisotopic (exact) mass is 361 g/mol. The van der Waals surface area contributed by atoms with Gasteiger partial charge in [-0.15, -0.1) is 0 Å². The third-order valence-electron chi connectivity index (χ3n) is 7.12. The molecule has 0 aromatic rings. The molecule has 2 aliphatic carbocycles. The normalized spacial score (nSPS) is 32.3. The number of nitrogens with zero attached hydrogens (tertiary/aromatic N) is 1. The van der Waals surface area contributed by atoms with E-state index < -0.39 is 0 Å². The Kier molecular flexibility index (Phi) is 10.1. The minimum Gasteiger partial charge on any atom is -0.377 e.